The standard InChI is InChI=1S/C58H32B3N3O2/c1-2-16-35-33(14-1)15-13-17-36(35)34-28-29-47-41(30-34)61-42-31-51-52(66-50-27-12-11-26-49(50)65-51)32-48(42)64-46-25-10-6-21-40(46)60-38-19-4-8-23-44(38)62-43-22-7-3-18-37(43)59-39-20-5-9-24-45(39)63(47)57-53(59)56(62)54(60)58(64)55(57)61/h1-32H. The second-order valence-electron chi connectivity index (χ2n) is 18.6. The van der Waals surface area contributed by atoms with Gasteiger partial charge in [-0.25, -0.2) is 0 Å². The summed E-state index contributed by atoms with van der Waals surface area (Å²) in [5, 5.41) is 2.49. The predicted molar refractivity (Wildman–Crippen MR) is 274 cm³/mol. The van der Waals surface area contributed by atoms with Crippen LogP contribution >= 0.6 is 0 Å². The summed E-state index contributed by atoms with van der Waals surface area (Å²) in [6.45, 7) is -0.0827. The third-order valence-electron chi connectivity index (χ3n) is 15.6. The molecule has 7 heterocycles. The lowest BCUT2D eigenvalue weighted by molar-refractivity contribution is 0.360. The lowest BCUT2D eigenvalue weighted by Crippen LogP contribution is -2.74. The first-order valence-corrected chi connectivity index (χ1v) is 23.0. The van der Waals surface area contributed by atoms with Gasteiger partial charge in [0, 0.05) is 57.3 Å². The highest BCUT2D eigenvalue weighted by molar-refractivity contribution is 7.09. The van der Waals surface area contributed by atoms with E-state index in [4.69, 9.17) is 9.47 Å². The van der Waals surface area contributed by atoms with Crippen molar-refractivity contribution in [2.75, 3.05) is 14.7 Å². The van der Waals surface area contributed by atoms with Crippen LogP contribution in [-0.2, 0) is 0 Å². The van der Waals surface area contributed by atoms with Crippen molar-refractivity contribution >= 4 is 131 Å². The molecule has 7 aliphatic heterocycles. The second kappa shape index (κ2) is 11.9. The first-order valence-electron chi connectivity index (χ1n) is 23.0. The van der Waals surface area contributed by atoms with Crippen molar-refractivity contribution in [3.63, 3.8) is 0 Å². The molecule has 8 heteroatoms. The quantitative estimate of drug-likeness (QED) is 0.156. The molecular weight excluding hydrogens is 803 g/mol. The summed E-state index contributed by atoms with van der Waals surface area (Å²) in [5.41, 5.74) is 25.5. The van der Waals surface area contributed by atoms with Crippen LogP contribution in [0.2, 0.25) is 0 Å². The monoisotopic (exact) mass is 835 g/mol. The molecule has 10 aromatic carbocycles. The zero-order valence-electron chi connectivity index (χ0n) is 35.4. The fraction of sp³-hybridized carbons (Fsp3) is 0. The van der Waals surface area contributed by atoms with Gasteiger partial charge in [0.2, 0.25) is 0 Å². The van der Waals surface area contributed by atoms with E-state index in [2.05, 4.69) is 185 Å². The molecule has 300 valence electrons. The SMILES string of the molecule is c1ccc2c(c1)Oc1cc3c(cc1O2)N1c2ccccc2B2c4ccccc4N4c5ccccc5B5c6ccccc6N6c7ccc(-c8cccc9ccccc89)cc7B3c3c6c5c4c2c31. The molecule has 66 heavy (non-hydrogen) atoms. The van der Waals surface area contributed by atoms with Gasteiger partial charge in [-0.3, -0.25) is 0 Å². The van der Waals surface area contributed by atoms with Crippen LogP contribution in [0.5, 0.6) is 23.0 Å². The molecule has 10 aromatic rings. The zero-order valence-corrected chi connectivity index (χ0v) is 35.4. The van der Waals surface area contributed by atoms with E-state index in [0.29, 0.717) is 0 Å². The normalized spacial score (nSPS) is 14.7. The van der Waals surface area contributed by atoms with Gasteiger partial charge in [-0.2, -0.15) is 0 Å². The molecule has 7 aliphatic rings. The second-order valence-corrected chi connectivity index (χ2v) is 18.6. The zero-order chi connectivity index (χ0) is 42.5. The highest BCUT2D eigenvalue weighted by Crippen LogP contribution is 2.54. The van der Waals surface area contributed by atoms with Gasteiger partial charge in [-0.1, -0.05) is 140 Å². The number of hydrogen-bond acceptors (Lipinski definition) is 5. The van der Waals surface area contributed by atoms with E-state index in [1.807, 2.05) is 24.3 Å². The Labute approximate surface area is 382 Å². The minimum Gasteiger partial charge on any atom is -0.450 e. The molecule has 5 nitrogen and oxygen atoms in total. The van der Waals surface area contributed by atoms with Gasteiger partial charge in [0.1, 0.15) is 0 Å². The maximum atomic E-state index is 6.82. The third kappa shape index (κ3) is 3.97. The molecule has 0 saturated heterocycles. The fourth-order valence-electron chi connectivity index (χ4n) is 13.2. The minimum absolute atomic E-state index is 0.0164. The summed E-state index contributed by atoms with van der Waals surface area (Å²) in [5.74, 6) is 2.91. The van der Waals surface area contributed by atoms with E-state index in [-0.39, 0.29) is 20.1 Å². The van der Waals surface area contributed by atoms with Crippen molar-refractivity contribution in [2.45, 2.75) is 0 Å². The Morgan fingerprint density at radius 3 is 1.30 bits per heavy atom. The summed E-state index contributed by atoms with van der Waals surface area (Å²) in [6.07, 6.45) is 0. The summed E-state index contributed by atoms with van der Waals surface area (Å²) in [4.78, 5) is 7.87. The maximum Gasteiger partial charge on any atom is 0.252 e. The molecule has 0 spiro atoms. The number of nitrogens with zero attached hydrogens (tertiary/aromatic N) is 3. The minimum atomic E-state index is -0.130. The first-order chi connectivity index (χ1) is 32.8. The van der Waals surface area contributed by atoms with E-state index in [1.54, 1.807) is 0 Å². The van der Waals surface area contributed by atoms with E-state index >= 15 is 0 Å². The largest absolute Gasteiger partial charge is 0.450 e. The van der Waals surface area contributed by atoms with Crippen LogP contribution in [0, 0.1) is 0 Å². The number of fused-ring (bicyclic) bond motifs is 21. The number of ether oxygens (including phenoxy) is 2. The van der Waals surface area contributed by atoms with E-state index in [1.165, 1.54) is 117 Å². The van der Waals surface area contributed by atoms with Crippen molar-refractivity contribution in [1.29, 1.82) is 0 Å². The van der Waals surface area contributed by atoms with Crippen molar-refractivity contribution in [3.05, 3.63) is 194 Å². The molecule has 0 bridgehead atoms. The van der Waals surface area contributed by atoms with Gasteiger partial charge < -0.3 is 24.2 Å². The lowest BCUT2D eigenvalue weighted by Gasteiger charge is -2.55. The number of hydrogen-bond donors (Lipinski definition) is 0. The van der Waals surface area contributed by atoms with Crippen LogP contribution in [0.4, 0.5) is 51.2 Å². The number of anilines is 9. The van der Waals surface area contributed by atoms with Gasteiger partial charge in [-0.05, 0) is 120 Å². The van der Waals surface area contributed by atoms with Gasteiger partial charge in [0.05, 0.1) is 0 Å². The third-order valence-corrected chi connectivity index (χ3v) is 15.6. The number of para-hydroxylation sites is 6. The van der Waals surface area contributed by atoms with Crippen molar-refractivity contribution in [2.24, 2.45) is 0 Å². The average Bonchev–Trinajstić information content (AvgIpc) is 3.38. The molecule has 0 amide bonds. The number of benzene rings is 10. The van der Waals surface area contributed by atoms with Gasteiger partial charge in [0.25, 0.3) is 20.1 Å². The summed E-state index contributed by atoms with van der Waals surface area (Å²) < 4.78 is 13.6. The molecule has 17 rings (SSSR count). The van der Waals surface area contributed by atoms with Crippen molar-refractivity contribution in [3.8, 4) is 34.1 Å². The fourth-order valence-corrected chi connectivity index (χ4v) is 13.2. The van der Waals surface area contributed by atoms with E-state index < -0.39 is 0 Å². The highest BCUT2D eigenvalue weighted by atomic mass is 16.6. The molecule has 0 fully saturated rings. The van der Waals surface area contributed by atoms with Crippen LogP contribution < -0.4 is 73.3 Å². The van der Waals surface area contributed by atoms with Crippen LogP contribution in [-0.4, -0.2) is 20.1 Å². The Bertz CT molecular complexity index is 3910. The molecular formula is C58H32B3N3O2. The molecule has 0 aliphatic carbocycles. The molecule has 0 unspecified atom stereocenters. The van der Waals surface area contributed by atoms with Gasteiger partial charge in [-0.15, -0.1) is 0 Å². The first kappa shape index (κ1) is 34.1. The predicted octanol–water partition coefficient (Wildman–Crippen LogP) is 8.24. The Kier molecular flexibility index (Phi) is 6.13. The topological polar surface area (TPSA) is 28.2 Å². The maximum absolute atomic E-state index is 6.82. The Morgan fingerprint density at radius 1 is 0.303 bits per heavy atom. The van der Waals surface area contributed by atoms with E-state index in [0.717, 1.165) is 28.7 Å². The molecule has 0 atom stereocenters. The van der Waals surface area contributed by atoms with Gasteiger partial charge >= 0.3 is 0 Å². The molecule has 0 saturated carbocycles. The summed E-state index contributed by atoms with van der Waals surface area (Å²) in [6, 6.07) is 72.0. The molecule has 0 aromatic heterocycles. The Balaban J connectivity index is 1.06. The van der Waals surface area contributed by atoms with Crippen molar-refractivity contribution in [1.82, 2.24) is 0 Å². The average molecular weight is 835 g/mol. The molecule has 0 radical (unpaired) electrons. The van der Waals surface area contributed by atoms with E-state index in [9.17, 15) is 0 Å². The van der Waals surface area contributed by atoms with Crippen molar-refractivity contribution < 1.29 is 9.47 Å². The summed E-state index contributed by atoms with van der Waals surface area (Å²) in [7, 11) is 0. The van der Waals surface area contributed by atoms with Crippen LogP contribution in [0.25, 0.3) is 21.9 Å². The summed E-state index contributed by atoms with van der Waals surface area (Å²) >= 11 is 0. The lowest BCUT2D eigenvalue weighted by atomic mass is 9.24. The Hall–Kier alpha value is -8.35. The highest BCUT2D eigenvalue weighted by Gasteiger charge is 2.57. The van der Waals surface area contributed by atoms with Crippen LogP contribution in [0.15, 0.2) is 194 Å². The number of rotatable bonds is 1. The molecule has 0 N–H and O–H groups in total. The Morgan fingerprint density at radius 2 is 0.727 bits per heavy atom. The van der Waals surface area contributed by atoms with Crippen LogP contribution in [0.3, 0.4) is 0 Å². The van der Waals surface area contributed by atoms with Crippen LogP contribution in [0.1, 0.15) is 0 Å². The van der Waals surface area contributed by atoms with Gasteiger partial charge in [0.15, 0.2) is 23.0 Å². The smallest absolute Gasteiger partial charge is 0.252 e.